The van der Waals surface area contributed by atoms with E-state index < -0.39 is 28.8 Å². The van der Waals surface area contributed by atoms with Crippen LogP contribution in [0.25, 0.3) is 10.4 Å². The summed E-state index contributed by atoms with van der Waals surface area (Å²) in [7, 11) is -5.06. The van der Waals surface area contributed by atoms with E-state index in [0.717, 1.165) is 29.3 Å². The van der Waals surface area contributed by atoms with Gasteiger partial charge in [-0.1, -0.05) is 37.8 Å². The maximum absolute atomic E-state index is 13.5. The van der Waals surface area contributed by atoms with Gasteiger partial charge in [-0.15, -0.1) is 11.3 Å². The zero-order valence-electron chi connectivity index (χ0n) is 18.1. The topological polar surface area (TPSA) is 86.5 Å². The van der Waals surface area contributed by atoms with E-state index in [1.807, 2.05) is 36.4 Å². The summed E-state index contributed by atoms with van der Waals surface area (Å²) in [6.07, 6.45) is 2.09. The lowest BCUT2D eigenvalue weighted by Gasteiger charge is -2.42. The number of carbonyl (C=O) groups excluding carboxylic acids is 1. The summed E-state index contributed by atoms with van der Waals surface area (Å²) in [6.45, 7) is 8.14. The van der Waals surface area contributed by atoms with Crippen molar-refractivity contribution in [2.75, 3.05) is 11.5 Å². The fourth-order valence-electron chi connectivity index (χ4n) is 4.19. The number of esters is 1. The number of carbonyl (C=O) groups is 1. The first kappa shape index (κ1) is 23.0. The van der Waals surface area contributed by atoms with Crippen molar-refractivity contribution in [1.82, 2.24) is 0 Å². The molecule has 2 N–H and O–H groups in total. The quantitative estimate of drug-likeness (QED) is 0.357. The molecule has 1 aromatic heterocycles. The molecule has 1 aromatic carbocycles. The number of ether oxygens (including phenoxy) is 1. The van der Waals surface area contributed by atoms with Gasteiger partial charge in [-0.25, -0.2) is 8.42 Å². The molecule has 1 unspecified atom stereocenters. The largest absolute Gasteiger partial charge is 0.437 e. The number of sulfone groups is 1. The van der Waals surface area contributed by atoms with Crippen molar-refractivity contribution in [2.24, 2.45) is 5.92 Å². The molecule has 164 valence electrons. The Hall–Kier alpha value is -1.64. The Bertz CT molecular complexity index is 1030. The molecule has 1 aliphatic heterocycles. The molecular formula is C22H31NO4S2Si. The summed E-state index contributed by atoms with van der Waals surface area (Å²) in [6, 6.07) is 12.2. The van der Waals surface area contributed by atoms with E-state index in [2.05, 4.69) is 19.6 Å². The summed E-state index contributed by atoms with van der Waals surface area (Å²) < 4.78 is 32.8. The average Bonchev–Trinajstić information content (AvgIpc) is 3.11. The predicted molar refractivity (Wildman–Crippen MR) is 127 cm³/mol. The lowest BCUT2D eigenvalue weighted by Crippen LogP contribution is -2.50. The fourth-order valence-corrected chi connectivity index (χ4v) is 9.23. The Balaban J connectivity index is 2.12. The van der Waals surface area contributed by atoms with Crippen LogP contribution < -0.4 is 5.73 Å². The van der Waals surface area contributed by atoms with Crippen molar-refractivity contribution in [3.63, 3.8) is 0 Å². The van der Waals surface area contributed by atoms with Crippen molar-refractivity contribution < 1.29 is 17.9 Å². The third kappa shape index (κ3) is 4.65. The molecule has 0 aliphatic carbocycles. The number of nitrogen functional groups attached to an aromatic ring is 1. The van der Waals surface area contributed by atoms with Crippen LogP contribution in [0.3, 0.4) is 0 Å². The fraction of sp³-hybridized carbons (Fsp3) is 0.500. The zero-order valence-corrected chi connectivity index (χ0v) is 20.7. The van der Waals surface area contributed by atoms with Crippen molar-refractivity contribution in [3.05, 3.63) is 41.3 Å². The van der Waals surface area contributed by atoms with Gasteiger partial charge in [-0.2, -0.15) is 0 Å². The highest BCUT2D eigenvalue weighted by Crippen LogP contribution is 2.51. The smallest absolute Gasteiger partial charge is 0.304 e. The van der Waals surface area contributed by atoms with Crippen LogP contribution in [0.5, 0.6) is 0 Å². The van der Waals surface area contributed by atoms with Crippen LogP contribution in [0.2, 0.25) is 25.7 Å². The molecule has 0 radical (unpaired) electrons. The van der Waals surface area contributed by atoms with Crippen LogP contribution in [0, 0.1) is 5.92 Å². The Morgan fingerprint density at radius 2 is 2.00 bits per heavy atom. The maximum Gasteiger partial charge on any atom is 0.304 e. The highest BCUT2D eigenvalue weighted by molar-refractivity contribution is 7.92. The summed E-state index contributed by atoms with van der Waals surface area (Å²) in [5.74, 6) is -0.758. The first-order chi connectivity index (χ1) is 13.9. The van der Waals surface area contributed by atoms with E-state index in [1.54, 1.807) is 0 Å². The maximum atomic E-state index is 13.5. The van der Waals surface area contributed by atoms with E-state index in [0.29, 0.717) is 17.0 Å². The second-order valence-corrected chi connectivity index (χ2v) is 18.3. The molecule has 5 nitrogen and oxygen atoms in total. The Morgan fingerprint density at radius 3 is 2.63 bits per heavy atom. The molecule has 1 saturated heterocycles. The minimum Gasteiger partial charge on any atom is -0.437 e. The predicted octanol–water partition coefficient (Wildman–Crippen LogP) is 5.27. The van der Waals surface area contributed by atoms with Gasteiger partial charge in [0.25, 0.3) is 0 Å². The number of hydrogen-bond donors (Lipinski definition) is 1. The monoisotopic (exact) mass is 465 g/mol. The number of rotatable bonds is 6. The molecule has 2 aromatic rings. The Morgan fingerprint density at radius 1 is 1.27 bits per heavy atom. The second-order valence-electron chi connectivity index (χ2n) is 9.31. The van der Waals surface area contributed by atoms with Crippen LogP contribution in [0.15, 0.2) is 36.4 Å². The lowest BCUT2D eigenvalue weighted by atomic mass is 9.91. The highest BCUT2D eigenvalue weighted by atomic mass is 32.2. The van der Waals surface area contributed by atoms with Gasteiger partial charge in [0.1, 0.15) is 0 Å². The van der Waals surface area contributed by atoms with Crippen molar-refractivity contribution in [2.45, 2.75) is 56.8 Å². The SMILES string of the molecule is CC(=O)O[C@@]1(c2ccc(-c3cccc(N)c3)s2)C(CC[Si](C)(C)C)CCCS1(=O)=O. The average molecular weight is 466 g/mol. The minimum atomic E-state index is -3.67. The summed E-state index contributed by atoms with van der Waals surface area (Å²) in [4.78, 5) is 12.1. The molecule has 0 spiro atoms. The molecule has 1 fully saturated rings. The lowest BCUT2D eigenvalue weighted by molar-refractivity contribution is -0.154. The number of hydrogen-bond acceptors (Lipinski definition) is 6. The van der Waals surface area contributed by atoms with Gasteiger partial charge >= 0.3 is 5.97 Å². The van der Waals surface area contributed by atoms with Crippen molar-refractivity contribution >= 4 is 40.9 Å². The number of benzene rings is 1. The standard InChI is InChI=1S/C22H31NO4S2Si/c1-16(24)27-22(18(12-14-30(2,3)4)8-6-13-29(22,25)26)21-11-10-20(28-21)17-7-5-9-19(23)15-17/h5,7,9-11,15,18H,6,8,12-14,23H2,1-4H3/t18?,22-/m0/s1. The van der Waals surface area contributed by atoms with Gasteiger partial charge in [0.2, 0.25) is 4.93 Å². The van der Waals surface area contributed by atoms with Crippen LogP contribution in [0.4, 0.5) is 5.69 Å². The zero-order chi connectivity index (χ0) is 22.2. The molecule has 0 saturated carbocycles. The molecule has 3 rings (SSSR count). The van der Waals surface area contributed by atoms with Crippen LogP contribution >= 0.6 is 11.3 Å². The number of thiophene rings is 1. The Labute approximate surface area is 184 Å². The van der Waals surface area contributed by atoms with Crippen LogP contribution in [-0.4, -0.2) is 28.2 Å². The molecule has 30 heavy (non-hydrogen) atoms. The molecule has 1 aliphatic rings. The van der Waals surface area contributed by atoms with Gasteiger partial charge in [0.05, 0.1) is 10.6 Å². The molecule has 0 amide bonds. The van der Waals surface area contributed by atoms with E-state index in [-0.39, 0.29) is 11.7 Å². The summed E-state index contributed by atoms with van der Waals surface area (Å²) in [5.41, 5.74) is 7.50. The van der Waals surface area contributed by atoms with Gasteiger partial charge in [0.15, 0.2) is 9.84 Å². The van der Waals surface area contributed by atoms with Gasteiger partial charge in [0, 0.05) is 31.5 Å². The molecule has 8 heteroatoms. The normalized spacial score (nSPS) is 23.8. The molecular weight excluding hydrogens is 434 g/mol. The second kappa shape index (κ2) is 8.47. The van der Waals surface area contributed by atoms with Crippen molar-refractivity contribution in [3.8, 4) is 10.4 Å². The summed E-state index contributed by atoms with van der Waals surface area (Å²) in [5, 5.41) is 0. The third-order valence-electron chi connectivity index (χ3n) is 5.62. The van der Waals surface area contributed by atoms with E-state index in [4.69, 9.17) is 10.5 Å². The van der Waals surface area contributed by atoms with Crippen LogP contribution in [0.1, 0.15) is 31.1 Å². The summed E-state index contributed by atoms with van der Waals surface area (Å²) >= 11 is 1.38. The highest BCUT2D eigenvalue weighted by Gasteiger charge is 2.57. The first-order valence-corrected chi connectivity index (χ1v) is 16.5. The van der Waals surface area contributed by atoms with Gasteiger partial charge in [-0.3, -0.25) is 4.79 Å². The van der Waals surface area contributed by atoms with E-state index in [1.165, 1.54) is 18.3 Å². The van der Waals surface area contributed by atoms with Gasteiger partial charge in [-0.05, 0) is 49.1 Å². The number of anilines is 1. The first-order valence-electron chi connectivity index (χ1n) is 10.3. The molecule has 0 bridgehead atoms. The number of nitrogens with two attached hydrogens (primary N) is 1. The van der Waals surface area contributed by atoms with E-state index >= 15 is 0 Å². The van der Waals surface area contributed by atoms with E-state index in [9.17, 15) is 13.2 Å². The van der Waals surface area contributed by atoms with Crippen LogP contribution in [-0.2, 0) is 24.3 Å². The third-order valence-corrected chi connectivity index (χ3v) is 11.2. The van der Waals surface area contributed by atoms with Crippen molar-refractivity contribution in [1.29, 1.82) is 0 Å². The minimum absolute atomic E-state index is 0.0369. The molecule has 2 heterocycles. The molecule has 2 atom stereocenters. The Kier molecular flexibility index (Phi) is 6.50. The van der Waals surface area contributed by atoms with Gasteiger partial charge < -0.3 is 10.5 Å².